The zero-order valence-corrected chi connectivity index (χ0v) is 20.9. The van der Waals surface area contributed by atoms with Crippen molar-refractivity contribution in [2.24, 2.45) is 10.8 Å². The lowest BCUT2D eigenvalue weighted by Crippen LogP contribution is -2.17. The number of rotatable bonds is 7. The lowest BCUT2D eigenvalue weighted by molar-refractivity contribution is 0.429. The van der Waals surface area contributed by atoms with E-state index in [2.05, 4.69) is 110 Å². The Kier molecular flexibility index (Phi) is 6.70. The van der Waals surface area contributed by atoms with Gasteiger partial charge in [0, 0.05) is 5.41 Å². The summed E-state index contributed by atoms with van der Waals surface area (Å²) in [7, 11) is 0. The molecule has 0 aliphatic heterocycles. The zero-order chi connectivity index (χ0) is 22.9. The van der Waals surface area contributed by atoms with E-state index in [4.69, 9.17) is 0 Å². The highest BCUT2D eigenvalue weighted by molar-refractivity contribution is 5.82. The average Bonchev–Trinajstić information content (AvgIpc) is 3.39. The highest BCUT2D eigenvalue weighted by Gasteiger charge is 2.62. The second-order valence-electron chi connectivity index (χ2n) is 10.8. The van der Waals surface area contributed by atoms with Crippen LogP contribution in [0.15, 0.2) is 66.8 Å². The van der Waals surface area contributed by atoms with Crippen LogP contribution in [0.4, 0.5) is 0 Å². The molecule has 0 aromatic heterocycles. The van der Waals surface area contributed by atoms with Crippen molar-refractivity contribution < 1.29 is 0 Å². The van der Waals surface area contributed by atoms with E-state index in [1.54, 1.807) is 0 Å². The molecule has 1 saturated carbocycles. The SMILES string of the molecule is C=C(/C=C\C(=CC)C(C)(C)C)c1cc(C2=CCCC=C2)ccc1C1(CC)CC1(C)CC. The maximum absolute atomic E-state index is 4.56. The molecular formula is C31H42. The molecule has 0 bridgehead atoms. The molecule has 0 amide bonds. The van der Waals surface area contributed by atoms with Crippen molar-refractivity contribution in [3.63, 3.8) is 0 Å². The van der Waals surface area contributed by atoms with E-state index >= 15 is 0 Å². The third-order valence-electron chi connectivity index (χ3n) is 7.96. The van der Waals surface area contributed by atoms with E-state index in [1.807, 2.05) is 0 Å². The first-order valence-electron chi connectivity index (χ1n) is 12.2. The summed E-state index contributed by atoms with van der Waals surface area (Å²) in [5, 5.41) is 0. The largest absolute Gasteiger partial charge is 0.0911 e. The van der Waals surface area contributed by atoms with E-state index < -0.39 is 0 Å². The van der Waals surface area contributed by atoms with E-state index in [9.17, 15) is 0 Å². The van der Waals surface area contributed by atoms with Crippen LogP contribution in [0.2, 0.25) is 0 Å². The van der Waals surface area contributed by atoms with Crippen LogP contribution < -0.4 is 0 Å². The molecule has 1 aromatic carbocycles. The monoisotopic (exact) mass is 414 g/mol. The van der Waals surface area contributed by atoms with Gasteiger partial charge in [-0.05, 0) is 89.3 Å². The van der Waals surface area contributed by atoms with E-state index in [0.29, 0.717) is 5.41 Å². The topological polar surface area (TPSA) is 0 Å². The third-order valence-corrected chi connectivity index (χ3v) is 7.96. The Hall–Kier alpha value is -2.08. The van der Waals surface area contributed by atoms with Crippen LogP contribution in [0, 0.1) is 10.8 Å². The van der Waals surface area contributed by atoms with Gasteiger partial charge in [0.25, 0.3) is 0 Å². The van der Waals surface area contributed by atoms with Crippen molar-refractivity contribution in [2.75, 3.05) is 0 Å². The highest BCUT2D eigenvalue weighted by atomic mass is 14.7. The third kappa shape index (κ3) is 4.45. The molecule has 3 rings (SSSR count). The van der Waals surface area contributed by atoms with Crippen molar-refractivity contribution >= 4 is 11.1 Å². The first kappa shape index (κ1) is 23.6. The highest BCUT2D eigenvalue weighted by Crippen LogP contribution is 2.69. The molecule has 31 heavy (non-hydrogen) atoms. The molecule has 0 saturated heterocycles. The first-order chi connectivity index (χ1) is 14.6. The molecule has 166 valence electrons. The summed E-state index contributed by atoms with van der Waals surface area (Å²) in [5.74, 6) is 0. The summed E-state index contributed by atoms with van der Waals surface area (Å²) in [6.45, 7) is 20.7. The smallest absolute Gasteiger partial charge is 0.00160 e. The summed E-state index contributed by atoms with van der Waals surface area (Å²) in [6.07, 6.45) is 19.6. The molecule has 0 N–H and O–H groups in total. The Labute approximate surface area is 191 Å². The van der Waals surface area contributed by atoms with Gasteiger partial charge in [0.1, 0.15) is 0 Å². The van der Waals surface area contributed by atoms with Crippen LogP contribution in [0.25, 0.3) is 11.1 Å². The summed E-state index contributed by atoms with van der Waals surface area (Å²) >= 11 is 0. The minimum absolute atomic E-state index is 0.135. The molecule has 2 atom stereocenters. The van der Waals surface area contributed by atoms with Gasteiger partial charge in [-0.15, -0.1) is 0 Å². The lowest BCUT2D eigenvalue weighted by Gasteiger charge is -2.26. The van der Waals surface area contributed by atoms with Gasteiger partial charge in [-0.1, -0.05) is 96.7 Å². The molecular weight excluding hydrogens is 372 g/mol. The Morgan fingerprint density at radius 3 is 2.35 bits per heavy atom. The fourth-order valence-corrected chi connectivity index (χ4v) is 5.54. The van der Waals surface area contributed by atoms with Crippen LogP contribution in [-0.2, 0) is 5.41 Å². The maximum atomic E-state index is 4.56. The summed E-state index contributed by atoms with van der Waals surface area (Å²) in [4.78, 5) is 0. The average molecular weight is 415 g/mol. The minimum Gasteiger partial charge on any atom is -0.0911 e. The van der Waals surface area contributed by atoms with Crippen LogP contribution >= 0.6 is 0 Å². The number of allylic oxidation sites excluding steroid dienone is 9. The molecule has 2 aliphatic carbocycles. The molecule has 0 heterocycles. The first-order valence-corrected chi connectivity index (χ1v) is 12.2. The quantitative estimate of drug-likeness (QED) is 0.390. The fraction of sp³-hybridized carbons (Fsp3) is 0.484. The van der Waals surface area contributed by atoms with Gasteiger partial charge in [0.2, 0.25) is 0 Å². The molecule has 2 unspecified atom stereocenters. The number of hydrogen-bond donors (Lipinski definition) is 0. The Morgan fingerprint density at radius 1 is 1.10 bits per heavy atom. The van der Waals surface area contributed by atoms with Crippen LogP contribution in [0.1, 0.15) is 97.3 Å². The molecule has 1 fully saturated rings. The number of benzene rings is 1. The van der Waals surface area contributed by atoms with Gasteiger partial charge in [-0.3, -0.25) is 0 Å². The van der Waals surface area contributed by atoms with Crippen molar-refractivity contribution in [3.05, 3.63) is 83.5 Å². The standard InChI is InChI=1S/C31H42/c1-9-26(29(5,6)7)19-17-23(4)27-21-25(24-15-13-12-14-16-24)18-20-28(27)31(11-3)22-30(31,8)10-2/h9,13,15-21H,4,10-12,14,22H2,1-3,5-8H3/b19-17-,26-9?. The Morgan fingerprint density at radius 2 is 1.84 bits per heavy atom. The Bertz CT molecular complexity index is 956. The maximum Gasteiger partial charge on any atom is 0.00160 e. The minimum atomic E-state index is 0.135. The molecule has 0 radical (unpaired) electrons. The molecule has 2 aliphatic rings. The molecule has 0 nitrogen and oxygen atoms in total. The van der Waals surface area contributed by atoms with Gasteiger partial charge in [0.05, 0.1) is 0 Å². The molecule has 0 heteroatoms. The normalized spacial score (nSPS) is 26.3. The zero-order valence-electron chi connectivity index (χ0n) is 20.9. The van der Waals surface area contributed by atoms with Crippen molar-refractivity contribution in [3.8, 4) is 0 Å². The Balaban J connectivity index is 2.08. The fourth-order valence-electron chi connectivity index (χ4n) is 5.54. The van der Waals surface area contributed by atoms with Gasteiger partial charge < -0.3 is 0 Å². The second kappa shape index (κ2) is 8.81. The lowest BCUT2D eigenvalue weighted by atomic mass is 9.78. The van der Waals surface area contributed by atoms with Crippen LogP contribution in [-0.4, -0.2) is 0 Å². The number of hydrogen-bond acceptors (Lipinski definition) is 0. The second-order valence-corrected chi connectivity index (χ2v) is 10.8. The van der Waals surface area contributed by atoms with E-state index in [-0.39, 0.29) is 10.8 Å². The predicted octanol–water partition coefficient (Wildman–Crippen LogP) is 9.45. The van der Waals surface area contributed by atoms with Crippen molar-refractivity contribution in [2.45, 2.75) is 86.0 Å². The van der Waals surface area contributed by atoms with Crippen molar-refractivity contribution in [1.29, 1.82) is 0 Å². The van der Waals surface area contributed by atoms with Gasteiger partial charge in [0.15, 0.2) is 0 Å². The van der Waals surface area contributed by atoms with Crippen molar-refractivity contribution in [1.82, 2.24) is 0 Å². The van der Waals surface area contributed by atoms with Gasteiger partial charge in [-0.25, -0.2) is 0 Å². The van der Waals surface area contributed by atoms with Crippen LogP contribution in [0.3, 0.4) is 0 Å². The van der Waals surface area contributed by atoms with E-state index in [1.165, 1.54) is 47.1 Å². The predicted molar refractivity (Wildman–Crippen MR) is 139 cm³/mol. The van der Waals surface area contributed by atoms with Crippen LogP contribution in [0.5, 0.6) is 0 Å². The van der Waals surface area contributed by atoms with E-state index in [0.717, 1.165) is 18.4 Å². The summed E-state index contributed by atoms with van der Waals surface area (Å²) < 4.78 is 0. The summed E-state index contributed by atoms with van der Waals surface area (Å²) in [5.41, 5.74) is 8.76. The van der Waals surface area contributed by atoms with Gasteiger partial charge in [-0.2, -0.15) is 0 Å². The molecule has 0 spiro atoms. The van der Waals surface area contributed by atoms with Gasteiger partial charge >= 0.3 is 0 Å². The summed E-state index contributed by atoms with van der Waals surface area (Å²) in [6, 6.07) is 7.16. The molecule has 1 aromatic rings.